The van der Waals surface area contributed by atoms with Crippen molar-refractivity contribution in [2.24, 2.45) is 0 Å². The van der Waals surface area contributed by atoms with E-state index in [1.54, 1.807) is 12.1 Å². The maximum Gasteiger partial charge on any atom is 0.161 e. The van der Waals surface area contributed by atoms with E-state index in [9.17, 15) is 9.18 Å². The highest BCUT2D eigenvalue weighted by molar-refractivity contribution is 9.10. The third kappa shape index (κ3) is 3.07. The van der Waals surface area contributed by atoms with Crippen molar-refractivity contribution in [2.75, 3.05) is 11.4 Å². The number of ketones is 1. The van der Waals surface area contributed by atoms with Gasteiger partial charge in [-0.1, -0.05) is 22.0 Å². The van der Waals surface area contributed by atoms with Gasteiger partial charge in [0.25, 0.3) is 0 Å². The van der Waals surface area contributed by atoms with Crippen molar-refractivity contribution in [2.45, 2.75) is 13.8 Å². The van der Waals surface area contributed by atoms with E-state index in [-0.39, 0.29) is 11.6 Å². The first-order chi connectivity index (χ1) is 9.52. The van der Waals surface area contributed by atoms with Crippen LogP contribution in [0.4, 0.5) is 15.8 Å². The van der Waals surface area contributed by atoms with Crippen molar-refractivity contribution < 1.29 is 9.18 Å². The number of halogens is 2. The number of nitrogens with zero attached hydrogens (tertiary/aromatic N) is 1. The predicted octanol–water partition coefficient (Wildman–Crippen LogP) is 4.95. The molecule has 4 heteroatoms. The molecule has 0 aromatic heterocycles. The molecule has 0 spiro atoms. The maximum atomic E-state index is 13.4. The second-order valence-electron chi connectivity index (χ2n) is 4.44. The lowest BCUT2D eigenvalue weighted by Gasteiger charge is -2.25. The average Bonchev–Trinajstić information content (AvgIpc) is 2.39. The number of hydrogen-bond acceptors (Lipinski definition) is 2. The summed E-state index contributed by atoms with van der Waals surface area (Å²) >= 11 is 3.42. The van der Waals surface area contributed by atoms with Crippen LogP contribution in [-0.4, -0.2) is 12.3 Å². The van der Waals surface area contributed by atoms with Gasteiger partial charge in [-0.05, 0) is 50.2 Å². The summed E-state index contributed by atoms with van der Waals surface area (Å²) in [7, 11) is 0. The van der Waals surface area contributed by atoms with Gasteiger partial charge in [0.1, 0.15) is 5.82 Å². The minimum absolute atomic E-state index is 0.0117. The first-order valence-electron chi connectivity index (χ1n) is 6.36. The largest absolute Gasteiger partial charge is 0.341 e. The van der Waals surface area contributed by atoms with Crippen molar-refractivity contribution >= 4 is 33.1 Å². The normalized spacial score (nSPS) is 10.4. The number of Topliss-reactive ketones (excluding diaryl/α,β-unsaturated/α-hetero) is 1. The van der Waals surface area contributed by atoms with E-state index in [0.717, 1.165) is 15.8 Å². The molecule has 0 saturated carbocycles. The Hall–Kier alpha value is -1.68. The van der Waals surface area contributed by atoms with Gasteiger partial charge < -0.3 is 4.90 Å². The Morgan fingerprint density at radius 2 is 2.00 bits per heavy atom. The molecule has 20 heavy (non-hydrogen) atoms. The molecular weight excluding hydrogens is 321 g/mol. The van der Waals surface area contributed by atoms with Crippen LogP contribution in [-0.2, 0) is 0 Å². The van der Waals surface area contributed by atoms with Crippen LogP contribution in [0, 0.1) is 5.82 Å². The Morgan fingerprint density at radius 1 is 1.25 bits per heavy atom. The Balaban J connectivity index is 2.57. The van der Waals surface area contributed by atoms with E-state index < -0.39 is 0 Å². The van der Waals surface area contributed by atoms with Crippen LogP contribution in [0.15, 0.2) is 46.9 Å². The summed E-state index contributed by atoms with van der Waals surface area (Å²) in [5, 5.41) is 0. The van der Waals surface area contributed by atoms with E-state index in [0.29, 0.717) is 12.1 Å². The molecule has 0 amide bonds. The highest BCUT2D eigenvalue weighted by Gasteiger charge is 2.15. The molecule has 0 aliphatic rings. The van der Waals surface area contributed by atoms with E-state index in [2.05, 4.69) is 15.9 Å². The third-order valence-corrected chi connectivity index (χ3v) is 3.56. The summed E-state index contributed by atoms with van der Waals surface area (Å²) in [4.78, 5) is 13.7. The van der Waals surface area contributed by atoms with Crippen LogP contribution in [0.5, 0.6) is 0 Å². The third-order valence-electron chi connectivity index (χ3n) is 3.07. The summed E-state index contributed by atoms with van der Waals surface area (Å²) in [6.07, 6.45) is 0. The Morgan fingerprint density at radius 3 is 2.60 bits per heavy atom. The molecular formula is C16H15BrFNO. The fraction of sp³-hybridized carbons (Fsp3) is 0.188. The van der Waals surface area contributed by atoms with Crippen molar-refractivity contribution in [3.05, 3.63) is 58.3 Å². The topological polar surface area (TPSA) is 20.3 Å². The summed E-state index contributed by atoms with van der Waals surface area (Å²) in [5.41, 5.74) is 2.13. The van der Waals surface area contributed by atoms with Crippen LogP contribution in [0.3, 0.4) is 0 Å². The summed E-state index contributed by atoms with van der Waals surface area (Å²) < 4.78 is 14.3. The Kier molecular flexibility index (Phi) is 4.55. The molecule has 0 fully saturated rings. The molecule has 0 atom stereocenters. The van der Waals surface area contributed by atoms with Gasteiger partial charge in [0.05, 0.1) is 5.69 Å². The van der Waals surface area contributed by atoms with Crippen LogP contribution in [0.1, 0.15) is 24.2 Å². The lowest BCUT2D eigenvalue weighted by atomic mass is 10.1. The Bertz CT molecular complexity index is 642. The molecule has 0 radical (unpaired) electrons. The fourth-order valence-corrected chi connectivity index (χ4v) is 2.51. The van der Waals surface area contributed by atoms with Crippen molar-refractivity contribution in [1.82, 2.24) is 0 Å². The number of anilines is 2. The molecule has 0 aliphatic carbocycles. The zero-order valence-electron chi connectivity index (χ0n) is 11.4. The minimum Gasteiger partial charge on any atom is -0.341 e. The van der Waals surface area contributed by atoms with Crippen LogP contribution in [0.25, 0.3) is 0 Å². The van der Waals surface area contributed by atoms with E-state index >= 15 is 0 Å². The first-order valence-corrected chi connectivity index (χ1v) is 7.16. The van der Waals surface area contributed by atoms with E-state index in [4.69, 9.17) is 0 Å². The molecule has 0 bridgehead atoms. The SMILES string of the molecule is CCN(c1cccc(F)c1)c1cc(Br)ccc1C(C)=O. The standard InChI is InChI=1S/C16H15BrFNO/c1-3-19(14-6-4-5-13(18)10-14)16-9-12(17)7-8-15(16)11(2)20/h4-10H,3H2,1-2H3. The van der Waals surface area contributed by atoms with E-state index in [1.165, 1.54) is 19.1 Å². The maximum absolute atomic E-state index is 13.4. The molecule has 0 N–H and O–H groups in total. The van der Waals surface area contributed by atoms with Crippen molar-refractivity contribution in [1.29, 1.82) is 0 Å². The molecule has 2 aromatic rings. The fourth-order valence-electron chi connectivity index (χ4n) is 2.16. The highest BCUT2D eigenvalue weighted by atomic mass is 79.9. The smallest absolute Gasteiger partial charge is 0.161 e. The number of rotatable bonds is 4. The number of hydrogen-bond donors (Lipinski definition) is 0. The molecule has 104 valence electrons. The van der Waals surface area contributed by atoms with Gasteiger partial charge in [0.15, 0.2) is 5.78 Å². The molecule has 2 aromatic carbocycles. The molecule has 2 nitrogen and oxygen atoms in total. The minimum atomic E-state index is -0.291. The number of carbonyl (C=O) groups is 1. The van der Waals surface area contributed by atoms with Crippen molar-refractivity contribution in [3.63, 3.8) is 0 Å². The first kappa shape index (κ1) is 14.7. The lowest BCUT2D eigenvalue weighted by Crippen LogP contribution is -2.18. The van der Waals surface area contributed by atoms with Crippen LogP contribution < -0.4 is 4.90 Å². The van der Waals surface area contributed by atoms with Crippen LogP contribution >= 0.6 is 15.9 Å². The molecule has 0 saturated heterocycles. The molecule has 0 aliphatic heterocycles. The van der Waals surface area contributed by atoms with Crippen molar-refractivity contribution in [3.8, 4) is 0 Å². The average molecular weight is 336 g/mol. The Labute approximate surface area is 126 Å². The van der Waals surface area contributed by atoms with E-state index in [1.807, 2.05) is 30.0 Å². The van der Waals surface area contributed by atoms with Gasteiger partial charge in [0.2, 0.25) is 0 Å². The van der Waals surface area contributed by atoms with Gasteiger partial charge in [-0.3, -0.25) is 4.79 Å². The second kappa shape index (κ2) is 6.18. The number of carbonyl (C=O) groups excluding carboxylic acids is 1. The predicted molar refractivity (Wildman–Crippen MR) is 83.2 cm³/mol. The van der Waals surface area contributed by atoms with Gasteiger partial charge in [-0.2, -0.15) is 0 Å². The van der Waals surface area contributed by atoms with Gasteiger partial charge in [0, 0.05) is 22.3 Å². The zero-order valence-corrected chi connectivity index (χ0v) is 12.9. The monoisotopic (exact) mass is 335 g/mol. The molecule has 0 unspecified atom stereocenters. The van der Waals surface area contributed by atoms with Gasteiger partial charge in [-0.15, -0.1) is 0 Å². The molecule has 2 rings (SSSR count). The summed E-state index contributed by atoms with van der Waals surface area (Å²) in [6, 6.07) is 11.9. The quantitative estimate of drug-likeness (QED) is 0.737. The highest BCUT2D eigenvalue weighted by Crippen LogP contribution is 2.31. The summed E-state index contributed by atoms with van der Waals surface area (Å²) in [5.74, 6) is -0.303. The number of benzene rings is 2. The summed E-state index contributed by atoms with van der Waals surface area (Å²) in [6.45, 7) is 4.14. The van der Waals surface area contributed by atoms with Crippen LogP contribution in [0.2, 0.25) is 0 Å². The molecule has 0 heterocycles. The second-order valence-corrected chi connectivity index (χ2v) is 5.36. The lowest BCUT2D eigenvalue weighted by molar-refractivity contribution is 0.101. The van der Waals surface area contributed by atoms with Gasteiger partial charge in [-0.25, -0.2) is 4.39 Å². The zero-order chi connectivity index (χ0) is 14.7. The van der Waals surface area contributed by atoms with Gasteiger partial charge >= 0.3 is 0 Å².